The lowest BCUT2D eigenvalue weighted by molar-refractivity contribution is -0.384. The van der Waals surface area contributed by atoms with Crippen molar-refractivity contribution in [3.05, 3.63) is 154 Å². The number of non-ortho nitro benzene ring substituents is 1. The Hall–Kier alpha value is -5.69. The van der Waals surface area contributed by atoms with Crippen LogP contribution in [-0.4, -0.2) is 10.8 Å². The average Bonchev–Trinajstić information content (AvgIpc) is 3.59. The number of nitrogens with zero attached hydrogens (tertiary/aromatic N) is 2. The van der Waals surface area contributed by atoms with Crippen LogP contribution in [0.2, 0.25) is 0 Å². The number of hydrogen-bond donors (Lipinski definition) is 1. The minimum atomic E-state index is -0.441. The number of para-hydroxylation sites is 1. The monoisotopic (exact) mass is 525 g/mol. The molecule has 7 heteroatoms. The van der Waals surface area contributed by atoms with Gasteiger partial charge in [-0.15, -0.1) is 0 Å². The van der Waals surface area contributed by atoms with Crippen molar-refractivity contribution < 1.29 is 14.1 Å². The molecule has 0 fully saturated rings. The molecule has 5 aromatic rings. The van der Waals surface area contributed by atoms with Gasteiger partial charge in [0, 0.05) is 40.3 Å². The smallest absolute Gasteiger partial charge is 0.269 e. The van der Waals surface area contributed by atoms with Crippen molar-refractivity contribution in [1.82, 2.24) is 0 Å². The van der Waals surface area contributed by atoms with Crippen LogP contribution in [0.1, 0.15) is 11.3 Å². The highest BCUT2D eigenvalue weighted by atomic mass is 16.6. The lowest BCUT2D eigenvalue weighted by Crippen LogP contribution is -2.24. The molecule has 4 aromatic carbocycles. The van der Waals surface area contributed by atoms with E-state index in [-0.39, 0.29) is 11.6 Å². The van der Waals surface area contributed by atoms with Gasteiger partial charge >= 0.3 is 0 Å². The van der Waals surface area contributed by atoms with Crippen LogP contribution >= 0.6 is 0 Å². The maximum atomic E-state index is 13.7. The number of nitro groups is 1. The molecule has 1 aromatic heterocycles. The summed E-state index contributed by atoms with van der Waals surface area (Å²) in [7, 11) is 0. The number of rotatable bonds is 7. The minimum absolute atomic E-state index is 0.0109. The Morgan fingerprint density at radius 3 is 2.05 bits per heavy atom. The Kier molecular flexibility index (Phi) is 6.52. The number of carbonyl (C=O) groups is 1. The number of nitrogens with one attached hydrogen (secondary N) is 1. The fraction of sp³-hybridized carbons (Fsp3) is 0. The van der Waals surface area contributed by atoms with E-state index in [1.807, 2.05) is 91.0 Å². The van der Waals surface area contributed by atoms with Crippen molar-refractivity contribution in [3.8, 4) is 11.3 Å². The minimum Gasteiger partial charge on any atom is -0.457 e. The summed E-state index contributed by atoms with van der Waals surface area (Å²) in [5.74, 6) is 0.887. The molecule has 40 heavy (non-hydrogen) atoms. The molecule has 7 nitrogen and oxygen atoms in total. The van der Waals surface area contributed by atoms with E-state index in [4.69, 9.17) is 4.42 Å². The quantitative estimate of drug-likeness (QED) is 0.132. The van der Waals surface area contributed by atoms with Gasteiger partial charge in [0.2, 0.25) is 0 Å². The summed E-state index contributed by atoms with van der Waals surface area (Å²) in [6.07, 6.45) is 3.58. The molecule has 194 valence electrons. The van der Waals surface area contributed by atoms with Gasteiger partial charge < -0.3 is 9.73 Å². The number of benzene rings is 4. The highest BCUT2D eigenvalue weighted by Gasteiger charge is 2.30. The molecule has 1 aliphatic heterocycles. The zero-order valence-corrected chi connectivity index (χ0v) is 21.2. The fourth-order valence-corrected chi connectivity index (χ4v) is 4.56. The molecule has 1 amide bonds. The summed E-state index contributed by atoms with van der Waals surface area (Å²) in [5, 5.41) is 14.3. The van der Waals surface area contributed by atoms with Gasteiger partial charge in [-0.25, -0.2) is 0 Å². The van der Waals surface area contributed by atoms with Gasteiger partial charge in [-0.1, -0.05) is 48.5 Å². The van der Waals surface area contributed by atoms with Gasteiger partial charge in [-0.2, -0.15) is 0 Å². The van der Waals surface area contributed by atoms with Gasteiger partial charge in [0.25, 0.3) is 11.6 Å². The van der Waals surface area contributed by atoms with Crippen LogP contribution in [0.4, 0.5) is 22.7 Å². The number of anilines is 3. The second kappa shape index (κ2) is 10.6. The van der Waals surface area contributed by atoms with E-state index < -0.39 is 4.92 Å². The van der Waals surface area contributed by atoms with Crippen molar-refractivity contribution in [3.63, 3.8) is 0 Å². The number of amides is 1. The number of nitro benzene ring substituents is 1. The molecule has 0 saturated heterocycles. The molecule has 0 unspecified atom stereocenters. The van der Waals surface area contributed by atoms with Crippen LogP contribution in [0.3, 0.4) is 0 Å². The highest BCUT2D eigenvalue weighted by Crippen LogP contribution is 2.36. The Balaban J connectivity index is 1.30. The van der Waals surface area contributed by atoms with Crippen LogP contribution in [0.15, 0.2) is 137 Å². The normalized spacial score (nSPS) is 13.9. The van der Waals surface area contributed by atoms with E-state index in [2.05, 4.69) is 5.32 Å². The molecule has 1 N–H and O–H groups in total. The molecular weight excluding hydrogens is 502 g/mol. The van der Waals surface area contributed by atoms with Crippen molar-refractivity contribution in [2.45, 2.75) is 0 Å². The highest BCUT2D eigenvalue weighted by molar-refractivity contribution is 6.23. The van der Waals surface area contributed by atoms with Gasteiger partial charge in [0.1, 0.15) is 11.5 Å². The first-order valence-corrected chi connectivity index (χ1v) is 12.7. The standard InChI is InChI=1S/C33H23N3O4/c37-33-25(21-30-19-20-32(40-30)24-11-15-29(16-12-24)36(38)39)22-31(23-7-3-1-4-8-23)35(33)28-17-13-27(14-18-28)34-26-9-5-2-6-10-26/h1-22,34H/b25-21+. The summed E-state index contributed by atoms with van der Waals surface area (Å²) >= 11 is 0. The number of hydrogen-bond acceptors (Lipinski definition) is 5. The van der Waals surface area contributed by atoms with Gasteiger partial charge in [-0.3, -0.25) is 19.8 Å². The largest absolute Gasteiger partial charge is 0.457 e. The third kappa shape index (κ3) is 5.04. The fourth-order valence-electron chi connectivity index (χ4n) is 4.56. The summed E-state index contributed by atoms with van der Waals surface area (Å²) in [6, 6.07) is 37.1. The molecule has 1 aliphatic rings. The molecule has 0 bridgehead atoms. The Labute approximate surface area is 230 Å². The summed E-state index contributed by atoms with van der Waals surface area (Å²) in [5.41, 5.74) is 5.52. The first-order valence-electron chi connectivity index (χ1n) is 12.7. The second-order valence-electron chi connectivity index (χ2n) is 9.18. The number of furan rings is 1. The van der Waals surface area contributed by atoms with Crippen molar-refractivity contribution >= 4 is 40.4 Å². The van der Waals surface area contributed by atoms with Gasteiger partial charge in [0.05, 0.1) is 10.6 Å². The van der Waals surface area contributed by atoms with Crippen LogP contribution in [0.5, 0.6) is 0 Å². The Bertz CT molecular complexity index is 1740. The van der Waals surface area contributed by atoms with Crippen molar-refractivity contribution in [2.75, 3.05) is 10.2 Å². The Morgan fingerprint density at radius 1 is 0.725 bits per heavy atom. The van der Waals surface area contributed by atoms with Crippen LogP contribution in [0.25, 0.3) is 23.1 Å². The lowest BCUT2D eigenvalue weighted by atomic mass is 10.1. The van der Waals surface area contributed by atoms with E-state index in [0.717, 1.165) is 28.3 Å². The Morgan fingerprint density at radius 2 is 1.38 bits per heavy atom. The van der Waals surface area contributed by atoms with E-state index >= 15 is 0 Å². The topological polar surface area (TPSA) is 88.6 Å². The van der Waals surface area contributed by atoms with E-state index in [1.54, 1.807) is 35.2 Å². The maximum absolute atomic E-state index is 13.7. The maximum Gasteiger partial charge on any atom is 0.269 e. The van der Waals surface area contributed by atoms with Crippen LogP contribution < -0.4 is 10.2 Å². The third-order valence-electron chi connectivity index (χ3n) is 6.53. The second-order valence-corrected chi connectivity index (χ2v) is 9.18. The SMILES string of the molecule is O=C1/C(=C/c2ccc(-c3ccc([N+](=O)[O-])cc3)o2)C=C(c2ccccc2)N1c1ccc(Nc2ccccc2)cc1. The first-order chi connectivity index (χ1) is 19.5. The van der Waals surface area contributed by atoms with E-state index in [9.17, 15) is 14.9 Å². The first kappa shape index (κ1) is 24.6. The third-order valence-corrected chi connectivity index (χ3v) is 6.53. The van der Waals surface area contributed by atoms with Crippen LogP contribution in [0, 0.1) is 10.1 Å². The lowest BCUT2D eigenvalue weighted by Gasteiger charge is -2.21. The molecule has 0 aliphatic carbocycles. The zero-order chi connectivity index (χ0) is 27.5. The van der Waals surface area contributed by atoms with Gasteiger partial charge in [-0.05, 0) is 78.4 Å². The molecule has 0 radical (unpaired) electrons. The predicted octanol–water partition coefficient (Wildman–Crippen LogP) is 8.07. The number of carbonyl (C=O) groups excluding carboxylic acids is 1. The summed E-state index contributed by atoms with van der Waals surface area (Å²) in [4.78, 5) is 25.9. The zero-order valence-electron chi connectivity index (χ0n) is 21.2. The molecule has 0 spiro atoms. The summed E-state index contributed by atoms with van der Waals surface area (Å²) < 4.78 is 5.98. The molecule has 0 atom stereocenters. The molecule has 0 saturated carbocycles. The molecule has 6 rings (SSSR count). The van der Waals surface area contributed by atoms with Gasteiger partial charge in [0.15, 0.2) is 0 Å². The average molecular weight is 526 g/mol. The molecular formula is C33H23N3O4. The van der Waals surface area contributed by atoms with E-state index in [0.29, 0.717) is 22.7 Å². The van der Waals surface area contributed by atoms with Crippen molar-refractivity contribution in [2.24, 2.45) is 0 Å². The predicted molar refractivity (Wildman–Crippen MR) is 157 cm³/mol. The summed E-state index contributed by atoms with van der Waals surface area (Å²) in [6.45, 7) is 0. The molecule has 2 heterocycles. The van der Waals surface area contributed by atoms with Crippen molar-refractivity contribution in [1.29, 1.82) is 0 Å². The van der Waals surface area contributed by atoms with E-state index in [1.165, 1.54) is 12.1 Å². The van der Waals surface area contributed by atoms with Crippen LogP contribution in [-0.2, 0) is 4.79 Å².